The van der Waals surface area contributed by atoms with Crippen molar-refractivity contribution in [2.24, 2.45) is 0 Å². The molecule has 0 aliphatic heterocycles. The Kier molecular flexibility index (Phi) is 3.43. The Morgan fingerprint density at radius 3 is 2.50 bits per heavy atom. The predicted octanol–water partition coefficient (Wildman–Crippen LogP) is 4.53. The van der Waals surface area contributed by atoms with Gasteiger partial charge < -0.3 is 4.74 Å². The van der Waals surface area contributed by atoms with Gasteiger partial charge in [0.25, 0.3) is 0 Å². The van der Waals surface area contributed by atoms with Crippen molar-refractivity contribution in [3.63, 3.8) is 0 Å². The largest absolute Gasteiger partial charge is 0.454 e. The summed E-state index contributed by atoms with van der Waals surface area (Å²) in [7, 11) is 0. The number of hydrogen-bond donors (Lipinski definition) is 0. The molecule has 82 valence electrons. The molecule has 0 fully saturated rings. The summed E-state index contributed by atoms with van der Waals surface area (Å²) in [6, 6.07) is 12.5. The zero-order valence-electron chi connectivity index (χ0n) is 8.71. The van der Waals surface area contributed by atoms with Crippen LogP contribution in [0.2, 0.25) is 0 Å². The maximum absolute atomic E-state index is 13.5. The molecule has 0 aliphatic carbocycles. The Labute approximate surface area is 107 Å². The minimum Gasteiger partial charge on any atom is -0.454 e. The van der Waals surface area contributed by atoms with Gasteiger partial charge in [-0.15, -0.1) is 0 Å². The second-order valence-corrected chi connectivity index (χ2v) is 4.69. The summed E-state index contributed by atoms with van der Waals surface area (Å²) in [6.07, 6.45) is 0. The molecule has 0 N–H and O–H groups in total. The third-order valence-electron chi connectivity index (χ3n) is 2.21. The SMILES string of the molecule is Cc1ccccc1Oc1ccc(I)cc1F. The van der Waals surface area contributed by atoms with Gasteiger partial charge in [0.05, 0.1) is 0 Å². The van der Waals surface area contributed by atoms with E-state index in [0.29, 0.717) is 5.75 Å². The van der Waals surface area contributed by atoms with Gasteiger partial charge in [-0.1, -0.05) is 18.2 Å². The first-order valence-corrected chi connectivity index (χ1v) is 5.93. The van der Waals surface area contributed by atoms with Crippen LogP contribution in [0.15, 0.2) is 42.5 Å². The lowest BCUT2D eigenvalue weighted by Crippen LogP contribution is -1.90. The van der Waals surface area contributed by atoms with Crippen LogP contribution in [0.1, 0.15) is 5.56 Å². The first-order valence-electron chi connectivity index (χ1n) is 4.85. The van der Waals surface area contributed by atoms with E-state index in [1.54, 1.807) is 6.07 Å². The molecule has 0 heterocycles. The molecule has 0 aliphatic rings. The highest BCUT2D eigenvalue weighted by Crippen LogP contribution is 2.27. The Morgan fingerprint density at radius 1 is 1.06 bits per heavy atom. The van der Waals surface area contributed by atoms with Crippen molar-refractivity contribution in [1.82, 2.24) is 0 Å². The molecular weight excluding hydrogens is 318 g/mol. The van der Waals surface area contributed by atoms with E-state index in [2.05, 4.69) is 22.6 Å². The van der Waals surface area contributed by atoms with Gasteiger partial charge in [0.1, 0.15) is 5.75 Å². The van der Waals surface area contributed by atoms with E-state index >= 15 is 0 Å². The van der Waals surface area contributed by atoms with Crippen LogP contribution in [-0.4, -0.2) is 0 Å². The van der Waals surface area contributed by atoms with Gasteiger partial charge in [-0.25, -0.2) is 4.39 Å². The fourth-order valence-electron chi connectivity index (χ4n) is 1.35. The number of rotatable bonds is 2. The summed E-state index contributed by atoms with van der Waals surface area (Å²) in [4.78, 5) is 0. The molecule has 0 amide bonds. The highest BCUT2D eigenvalue weighted by atomic mass is 127. The monoisotopic (exact) mass is 328 g/mol. The van der Waals surface area contributed by atoms with Gasteiger partial charge in [-0.2, -0.15) is 0 Å². The van der Waals surface area contributed by atoms with Crippen molar-refractivity contribution in [3.8, 4) is 11.5 Å². The summed E-state index contributed by atoms with van der Waals surface area (Å²) in [5, 5.41) is 0. The van der Waals surface area contributed by atoms with Crippen molar-refractivity contribution in [2.75, 3.05) is 0 Å². The predicted molar refractivity (Wildman–Crippen MR) is 70.4 cm³/mol. The molecule has 3 heteroatoms. The first-order chi connectivity index (χ1) is 7.66. The fraction of sp³-hybridized carbons (Fsp3) is 0.0769. The van der Waals surface area contributed by atoms with Gasteiger partial charge in [0.15, 0.2) is 11.6 Å². The Hall–Kier alpha value is -1.10. The van der Waals surface area contributed by atoms with Crippen LogP contribution in [0.25, 0.3) is 0 Å². The maximum atomic E-state index is 13.5. The average molecular weight is 328 g/mol. The topological polar surface area (TPSA) is 9.23 Å². The molecule has 2 aromatic rings. The molecule has 0 aromatic heterocycles. The summed E-state index contributed by atoms with van der Waals surface area (Å²) >= 11 is 2.06. The maximum Gasteiger partial charge on any atom is 0.166 e. The molecular formula is C13H10FIO. The molecule has 0 saturated carbocycles. The summed E-state index contributed by atoms with van der Waals surface area (Å²) in [5.41, 5.74) is 0.987. The highest BCUT2D eigenvalue weighted by molar-refractivity contribution is 14.1. The van der Waals surface area contributed by atoms with Crippen molar-refractivity contribution in [3.05, 3.63) is 57.4 Å². The van der Waals surface area contributed by atoms with Gasteiger partial charge in [0.2, 0.25) is 0 Å². The quantitative estimate of drug-likeness (QED) is 0.736. The van der Waals surface area contributed by atoms with E-state index in [-0.39, 0.29) is 11.6 Å². The molecule has 1 nitrogen and oxygen atoms in total. The van der Waals surface area contributed by atoms with Crippen LogP contribution in [-0.2, 0) is 0 Å². The van der Waals surface area contributed by atoms with Crippen LogP contribution in [0.3, 0.4) is 0 Å². The number of para-hydroxylation sites is 1. The zero-order chi connectivity index (χ0) is 11.5. The number of aryl methyl sites for hydroxylation is 1. The number of halogens is 2. The van der Waals surface area contributed by atoms with Gasteiger partial charge in [0, 0.05) is 3.57 Å². The molecule has 0 radical (unpaired) electrons. The zero-order valence-corrected chi connectivity index (χ0v) is 10.9. The van der Waals surface area contributed by atoms with E-state index in [1.165, 1.54) is 6.07 Å². The number of ether oxygens (including phenoxy) is 1. The molecule has 16 heavy (non-hydrogen) atoms. The van der Waals surface area contributed by atoms with E-state index in [9.17, 15) is 4.39 Å². The Morgan fingerprint density at radius 2 is 1.81 bits per heavy atom. The van der Waals surface area contributed by atoms with E-state index in [1.807, 2.05) is 37.3 Å². The number of hydrogen-bond acceptors (Lipinski definition) is 1. The molecule has 0 bridgehead atoms. The standard InChI is InChI=1S/C13H10FIO/c1-9-4-2-3-5-12(9)16-13-7-6-10(15)8-11(13)14/h2-8H,1H3. The fourth-order valence-corrected chi connectivity index (χ4v) is 1.80. The lowest BCUT2D eigenvalue weighted by molar-refractivity contribution is 0.439. The van der Waals surface area contributed by atoms with Crippen molar-refractivity contribution < 1.29 is 9.13 Å². The van der Waals surface area contributed by atoms with Gasteiger partial charge >= 0.3 is 0 Å². The normalized spacial score (nSPS) is 10.2. The summed E-state index contributed by atoms with van der Waals surface area (Å²) in [5.74, 6) is 0.604. The van der Waals surface area contributed by atoms with E-state index in [4.69, 9.17) is 4.74 Å². The molecule has 0 saturated heterocycles. The van der Waals surface area contributed by atoms with Crippen molar-refractivity contribution in [2.45, 2.75) is 6.92 Å². The molecule has 2 aromatic carbocycles. The van der Waals surface area contributed by atoms with Crippen LogP contribution < -0.4 is 4.74 Å². The lowest BCUT2D eigenvalue weighted by Gasteiger charge is -2.09. The summed E-state index contributed by atoms with van der Waals surface area (Å²) < 4.78 is 19.9. The second kappa shape index (κ2) is 4.82. The highest BCUT2D eigenvalue weighted by Gasteiger charge is 2.06. The third kappa shape index (κ3) is 2.52. The third-order valence-corrected chi connectivity index (χ3v) is 2.88. The van der Waals surface area contributed by atoms with Crippen LogP contribution in [0.5, 0.6) is 11.5 Å². The lowest BCUT2D eigenvalue weighted by atomic mass is 10.2. The van der Waals surface area contributed by atoms with E-state index < -0.39 is 0 Å². The van der Waals surface area contributed by atoms with Crippen molar-refractivity contribution in [1.29, 1.82) is 0 Å². The first kappa shape index (κ1) is 11.4. The second-order valence-electron chi connectivity index (χ2n) is 3.44. The minimum absolute atomic E-state index is 0.259. The smallest absolute Gasteiger partial charge is 0.166 e. The number of benzene rings is 2. The van der Waals surface area contributed by atoms with E-state index in [0.717, 1.165) is 9.13 Å². The van der Waals surface area contributed by atoms with Crippen LogP contribution in [0, 0.1) is 16.3 Å². The van der Waals surface area contributed by atoms with Crippen LogP contribution in [0.4, 0.5) is 4.39 Å². The molecule has 0 spiro atoms. The van der Waals surface area contributed by atoms with Gasteiger partial charge in [-0.3, -0.25) is 0 Å². The Bertz CT molecular complexity index is 511. The average Bonchev–Trinajstić information content (AvgIpc) is 2.25. The molecule has 2 rings (SSSR count). The van der Waals surface area contributed by atoms with Crippen LogP contribution >= 0.6 is 22.6 Å². The minimum atomic E-state index is -0.338. The van der Waals surface area contributed by atoms with Gasteiger partial charge in [-0.05, 0) is 59.3 Å². The molecule has 0 unspecified atom stereocenters. The molecule has 0 atom stereocenters. The Balaban J connectivity index is 2.31. The summed E-state index contributed by atoms with van der Waals surface area (Å²) in [6.45, 7) is 1.93. The van der Waals surface area contributed by atoms with Crippen molar-refractivity contribution >= 4 is 22.6 Å².